The van der Waals surface area contributed by atoms with Crippen molar-refractivity contribution in [2.45, 2.75) is 39.3 Å². The van der Waals surface area contributed by atoms with Crippen LogP contribution in [0.15, 0.2) is 35.0 Å². The van der Waals surface area contributed by atoms with Crippen LogP contribution in [0.1, 0.15) is 5.56 Å². The second-order valence-electron chi connectivity index (χ2n) is 6.56. The molecule has 2 nitrogen and oxygen atoms in total. The van der Waals surface area contributed by atoms with Crippen LogP contribution in [0, 0.1) is 0 Å². The molecule has 1 rings (SSSR count). The molecule has 19 heavy (non-hydrogen) atoms. The minimum absolute atomic E-state index is 0.309. The van der Waals surface area contributed by atoms with E-state index < -0.39 is 16.5 Å². The fraction of sp³-hybridized carbons (Fsp3) is 0.462. The van der Waals surface area contributed by atoms with E-state index in [4.69, 9.17) is 4.66 Å². The topological polar surface area (TPSA) is 15.6 Å². The average molecular weight is 416 g/mol. The van der Waals surface area contributed by atoms with Crippen LogP contribution in [0.25, 0.3) is 0 Å². The Morgan fingerprint density at radius 1 is 1.05 bits per heavy atom. The van der Waals surface area contributed by atoms with E-state index in [9.17, 15) is 0 Å². The number of rotatable bonds is 4. The molecular weight excluding hydrogens is 393 g/mol. The van der Waals surface area contributed by atoms with Gasteiger partial charge in [-0.05, 0) is 0 Å². The van der Waals surface area contributed by atoms with Crippen LogP contribution in [0.3, 0.4) is 0 Å². The first-order valence-corrected chi connectivity index (χ1v) is 19.2. The van der Waals surface area contributed by atoms with E-state index in [-0.39, 0.29) is 13.8 Å². The molecule has 0 N–H and O–H groups in total. The van der Waals surface area contributed by atoms with Crippen molar-refractivity contribution in [3.05, 3.63) is 35.9 Å². The predicted octanol–water partition coefficient (Wildman–Crippen LogP) is 4.33. The zero-order valence-corrected chi connectivity index (χ0v) is 18.3. The molecule has 0 saturated heterocycles. The fourth-order valence-corrected chi connectivity index (χ4v) is 15.2. The zero-order valence-electron chi connectivity index (χ0n) is 12.7. The number of hydrogen-bond acceptors (Lipinski definition) is 1. The van der Waals surface area contributed by atoms with Crippen LogP contribution in [-0.2, 0) is 0 Å². The number of halogens is 1. The predicted molar refractivity (Wildman–Crippen MR) is 96.2 cm³/mol. The van der Waals surface area contributed by atoms with E-state index in [0.29, 0.717) is 0 Å². The van der Waals surface area contributed by atoms with Gasteiger partial charge in [-0.25, -0.2) is 0 Å². The van der Waals surface area contributed by atoms with Crippen molar-refractivity contribution in [1.29, 1.82) is 0 Å². The molecule has 0 heterocycles. The molecule has 104 valence electrons. The summed E-state index contributed by atoms with van der Waals surface area (Å²) in [5.74, 6) is 1.22. The molecule has 0 aromatic heterocycles. The number of benzene rings is 1. The first-order chi connectivity index (χ1) is 8.65. The summed E-state index contributed by atoms with van der Waals surface area (Å²) in [6.07, 6.45) is 0. The third-order valence-electron chi connectivity index (χ3n) is 2.44. The Hall–Kier alpha value is 0.147. The molecule has 0 bridgehead atoms. The Bertz CT molecular complexity index is 438. The Labute approximate surface area is 133 Å². The Morgan fingerprint density at radius 2 is 1.58 bits per heavy atom. The fourth-order valence-electron chi connectivity index (χ4n) is 1.63. The summed E-state index contributed by atoms with van der Waals surface area (Å²) in [5, 5.41) is 0. The van der Waals surface area contributed by atoms with Gasteiger partial charge in [0, 0.05) is 0 Å². The molecule has 0 spiro atoms. The van der Waals surface area contributed by atoms with Crippen LogP contribution in [0.2, 0.25) is 39.3 Å². The van der Waals surface area contributed by atoms with Gasteiger partial charge in [-0.3, -0.25) is 0 Å². The SMILES string of the molecule is C[Si](C)(C)/N=C(/c1ccccc1)[N]([Ge][Br])[Si](C)(C)C. The summed E-state index contributed by atoms with van der Waals surface area (Å²) in [4.78, 5) is 0. The molecule has 0 fully saturated rings. The Morgan fingerprint density at radius 3 is 1.95 bits per heavy atom. The van der Waals surface area contributed by atoms with Crippen LogP contribution >= 0.6 is 14.0 Å². The minimum atomic E-state index is -1.49. The normalized spacial score (nSPS) is 13.5. The third-order valence-corrected chi connectivity index (χ3v) is 14.0. The summed E-state index contributed by atoms with van der Waals surface area (Å²) in [7, 11) is -2.89. The van der Waals surface area contributed by atoms with Gasteiger partial charge in [0.05, 0.1) is 0 Å². The molecule has 0 unspecified atom stereocenters. The molecular formula is C13H23BrGeN2Si2. The van der Waals surface area contributed by atoms with Crippen molar-refractivity contribution in [3.63, 3.8) is 0 Å². The number of hydrogen-bond donors (Lipinski definition) is 0. The van der Waals surface area contributed by atoms with E-state index in [0.717, 1.165) is 0 Å². The van der Waals surface area contributed by atoms with Gasteiger partial charge in [0.25, 0.3) is 0 Å². The van der Waals surface area contributed by atoms with Crippen molar-refractivity contribution < 1.29 is 0 Å². The van der Waals surface area contributed by atoms with Gasteiger partial charge < -0.3 is 0 Å². The number of nitrogens with zero attached hydrogens (tertiary/aromatic N) is 2. The third kappa shape index (κ3) is 5.57. The van der Waals surface area contributed by atoms with Gasteiger partial charge in [-0.2, -0.15) is 0 Å². The molecule has 1 aromatic carbocycles. The van der Waals surface area contributed by atoms with Crippen molar-refractivity contribution in [1.82, 2.24) is 3.52 Å². The Kier molecular flexibility index (Phi) is 6.10. The molecule has 2 radical (unpaired) electrons. The van der Waals surface area contributed by atoms with Crippen LogP contribution in [-0.4, -0.2) is 39.6 Å². The van der Waals surface area contributed by atoms with E-state index >= 15 is 0 Å². The second-order valence-corrected chi connectivity index (χ2v) is 20.0. The van der Waals surface area contributed by atoms with Gasteiger partial charge in [0.1, 0.15) is 0 Å². The monoisotopic (exact) mass is 416 g/mol. The molecule has 0 atom stereocenters. The standard InChI is InChI=1S/C13H23BrGeN2Si2/c1-18(2,3)16-13(12-10-8-7-9-11-12)17(15-14)19(4,5)6/h7-11H,1-6H3/b16-13-. The Balaban J connectivity index is 3.32. The van der Waals surface area contributed by atoms with E-state index in [1.165, 1.54) is 11.4 Å². The van der Waals surface area contributed by atoms with Crippen LogP contribution < -0.4 is 0 Å². The van der Waals surface area contributed by atoms with E-state index in [1.54, 1.807) is 0 Å². The quantitative estimate of drug-likeness (QED) is 0.406. The van der Waals surface area contributed by atoms with Crippen molar-refractivity contribution in [3.8, 4) is 0 Å². The average Bonchev–Trinajstić information content (AvgIpc) is 2.26. The summed E-state index contributed by atoms with van der Waals surface area (Å²) in [6, 6.07) is 10.6. The molecule has 0 aliphatic carbocycles. The van der Waals surface area contributed by atoms with Gasteiger partial charge in [-0.1, -0.05) is 0 Å². The zero-order chi connectivity index (χ0) is 14.7. The first kappa shape index (κ1) is 17.2. The molecule has 0 aliphatic rings. The summed E-state index contributed by atoms with van der Waals surface area (Å²) >= 11 is 3.47. The van der Waals surface area contributed by atoms with Gasteiger partial charge >= 0.3 is 133 Å². The van der Waals surface area contributed by atoms with Gasteiger partial charge in [0.2, 0.25) is 0 Å². The van der Waals surface area contributed by atoms with Crippen LogP contribution in [0.4, 0.5) is 0 Å². The maximum atomic E-state index is 5.13. The molecule has 0 aliphatic heterocycles. The van der Waals surface area contributed by atoms with E-state index in [1.807, 2.05) is 0 Å². The summed E-state index contributed by atoms with van der Waals surface area (Å²) in [5.41, 5.74) is 1.26. The van der Waals surface area contributed by atoms with Crippen molar-refractivity contribution in [2.24, 2.45) is 4.66 Å². The van der Waals surface area contributed by atoms with E-state index in [2.05, 4.69) is 87.1 Å². The van der Waals surface area contributed by atoms with Crippen LogP contribution in [0.5, 0.6) is 0 Å². The number of amidine groups is 1. The van der Waals surface area contributed by atoms with Crippen molar-refractivity contribution in [2.75, 3.05) is 0 Å². The summed E-state index contributed by atoms with van der Waals surface area (Å²) in [6.45, 7) is 14.1. The summed E-state index contributed by atoms with van der Waals surface area (Å²) < 4.78 is 7.72. The van der Waals surface area contributed by atoms with Gasteiger partial charge in [-0.15, -0.1) is 0 Å². The molecule has 6 heteroatoms. The molecule has 0 amide bonds. The van der Waals surface area contributed by atoms with Gasteiger partial charge in [0.15, 0.2) is 0 Å². The van der Waals surface area contributed by atoms with Crippen molar-refractivity contribution >= 4 is 50.1 Å². The molecule has 1 aromatic rings. The molecule has 0 saturated carbocycles. The maximum absolute atomic E-state index is 5.13. The first-order valence-electron chi connectivity index (χ1n) is 6.47. The second kappa shape index (κ2) is 6.73.